The van der Waals surface area contributed by atoms with Crippen molar-refractivity contribution in [3.63, 3.8) is 0 Å². The second-order valence-corrected chi connectivity index (χ2v) is 4.38. The number of aryl methyl sites for hydroxylation is 1. The van der Waals surface area contributed by atoms with Gasteiger partial charge in [-0.1, -0.05) is 17.9 Å². The van der Waals surface area contributed by atoms with E-state index in [0.29, 0.717) is 12.6 Å². The summed E-state index contributed by atoms with van der Waals surface area (Å²) in [5.41, 5.74) is 5.58. The van der Waals surface area contributed by atoms with Gasteiger partial charge in [-0.05, 0) is 36.2 Å². The van der Waals surface area contributed by atoms with Crippen LogP contribution in [-0.4, -0.2) is 39.3 Å². The molecule has 0 spiro atoms. The van der Waals surface area contributed by atoms with Gasteiger partial charge in [0.1, 0.15) is 0 Å². The maximum absolute atomic E-state index is 5.58. The van der Waals surface area contributed by atoms with Crippen molar-refractivity contribution in [2.24, 2.45) is 12.8 Å². The van der Waals surface area contributed by atoms with Gasteiger partial charge in [0.15, 0.2) is 0 Å². The first kappa shape index (κ1) is 11.3. The molecule has 2 rings (SSSR count). The minimum absolute atomic E-state index is 0.594. The molecule has 1 aliphatic rings. The molecule has 0 atom stereocenters. The summed E-state index contributed by atoms with van der Waals surface area (Å²) >= 11 is 0. The fraction of sp³-hybridized carbons (Fsp3) is 0.900. The highest BCUT2D eigenvalue weighted by Crippen LogP contribution is 2.26. The smallest absolute Gasteiger partial charge is 0.245 e. The SMILES string of the molecule is Cn1nnnc1N(CCCN)C1CCCC1. The molecule has 1 aliphatic carbocycles. The Morgan fingerprint density at radius 2 is 2.19 bits per heavy atom. The minimum Gasteiger partial charge on any atom is -0.337 e. The van der Waals surface area contributed by atoms with E-state index in [4.69, 9.17) is 5.73 Å². The number of hydrogen-bond acceptors (Lipinski definition) is 5. The largest absolute Gasteiger partial charge is 0.337 e. The van der Waals surface area contributed by atoms with Gasteiger partial charge in [-0.2, -0.15) is 0 Å². The molecular formula is C10H20N6. The average molecular weight is 224 g/mol. The molecule has 1 fully saturated rings. The number of hydrogen-bond donors (Lipinski definition) is 1. The Hall–Kier alpha value is -1.17. The van der Waals surface area contributed by atoms with E-state index in [2.05, 4.69) is 20.4 Å². The third-order valence-electron chi connectivity index (χ3n) is 3.22. The first-order valence-electron chi connectivity index (χ1n) is 6.02. The number of aromatic nitrogens is 4. The van der Waals surface area contributed by atoms with Crippen LogP contribution in [0.3, 0.4) is 0 Å². The summed E-state index contributed by atoms with van der Waals surface area (Å²) in [6, 6.07) is 0.594. The lowest BCUT2D eigenvalue weighted by Crippen LogP contribution is -2.37. The molecule has 1 heterocycles. The zero-order valence-corrected chi connectivity index (χ0v) is 9.84. The van der Waals surface area contributed by atoms with Crippen molar-refractivity contribution in [1.82, 2.24) is 20.2 Å². The van der Waals surface area contributed by atoms with Crippen LogP contribution in [0.15, 0.2) is 0 Å². The standard InChI is InChI=1S/C10H20N6/c1-15-10(12-13-14-15)16(8-4-7-11)9-5-2-3-6-9/h9H,2-8,11H2,1H3. The molecule has 0 aliphatic heterocycles. The zero-order chi connectivity index (χ0) is 11.4. The summed E-state index contributed by atoms with van der Waals surface area (Å²) in [4.78, 5) is 2.32. The number of rotatable bonds is 5. The fourth-order valence-electron chi connectivity index (χ4n) is 2.39. The van der Waals surface area contributed by atoms with Crippen molar-refractivity contribution in [1.29, 1.82) is 0 Å². The van der Waals surface area contributed by atoms with Gasteiger partial charge in [-0.25, -0.2) is 4.68 Å². The maximum atomic E-state index is 5.58. The van der Waals surface area contributed by atoms with Crippen LogP contribution in [0.1, 0.15) is 32.1 Å². The van der Waals surface area contributed by atoms with E-state index in [-0.39, 0.29) is 0 Å². The second-order valence-electron chi connectivity index (χ2n) is 4.38. The molecule has 0 saturated heterocycles. The summed E-state index contributed by atoms with van der Waals surface area (Å²) in [5, 5.41) is 11.7. The van der Waals surface area contributed by atoms with E-state index >= 15 is 0 Å². The summed E-state index contributed by atoms with van der Waals surface area (Å²) in [5.74, 6) is 0.875. The van der Waals surface area contributed by atoms with Crippen molar-refractivity contribution in [3.05, 3.63) is 0 Å². The minimum atomic E-state index is 0.594. The molecule has 6 heteroatoms. The third-order valence-corrected chi connectivity index (χ3v) is 3.22. The first-order valence-corrected chi connectivity index (χ1v) is 6.02. The Balaban J connectivity index is 2.10. The molecule has 16 heavy (non-hydrogen) atoms. The summed E-state index contributed by atoms with van der Waals surface area (Å²) in [6.07, 6.45) is 6.11. The van der Waals surface area contributed by atoms with Crippen LogP contribution < -0.4 is 10.6 Å². The lowest BCUT2D eigenvalue weighted by molar-refractivity contribution is 0.563. The quantitative estimate of drug-likeness (QED) is 0.779. The van der Waals surface area contributed by atoms with Crippen molar-refractivity contribution in [3.8, 4) is 0 Å². The number of tetrazole rings is 1. The molecule has 6 nitrogen and oxygen atoms in total. The lowest BCUT2D eigenvalue weighted by Gasteiger charge is -2.28. The lowest BCUT2D eigenvalue weighted by atomic mass is 10.2. The van der Waals surface area contributed by atoms with Gasteiger partial charge in [0.25, 0.3) is 0 Å². The van der Waals surface area contributed by atoms with E-state index in [0.717, 1.165) is 18.9 Å². The molecule has 0 aromatic carbocycles. The molecule has 0 amide bonds. The van der Waals surface area contributed by atoms with Crippen LogP contribution in [0.25, 0.3) is 0 Å². The van der Waals surface area contributed by atoms with Gasteiger partial charge in [0, 0.05) is 19.6 Å². The van der Waals surface area contributed by atoms with Gasteiger partial charge < -0.3 is 10.6 Å². The topological polar surface area (TPSA) is 72.9 Å². The van der Waals surface area contributed by atoms with Gasteiger partial charge in [0.2, 0.25) is 5.95 Å². The summed E-state index contributed by atoms with van der Waals surface area (Å²) in [6.45, 7) is 1.67. The van der Waals surface area contributed by atoms with Crippen molar-refractivity contribution < 1.29 is 0 Å². The molecule has 1 saturated carbocycles. The van der Waals surface area contributed by atoms with Gasteiger partial charge in [0.05, 0.1) is 0 Å². The number of nitrogens with zero attached hydrogens (tertiary/aromatic N) is 5. The predicted molar refractivity (Wildman–Crippen MR) is 62.1 cm³/mol. The van der Waals surface area contributed by atoms with Crippen LogP contribution in [0, 0.1) is 0 Å². The van der Waals surface area contributed by atoms with E-state index < -0.39 is 0 Å². The first-order chi connectivity index (χ1) is 7.83. The number of nitrogens with two attached hydrogens (primary N) is 1. The molecule has 2 N–H and O–H groups in total. The summed E-state index contributed by atoms with van der Waals surface area (Å²) < 4.78 is 1.74. The predicted octanol–water partition coefficient (Wildman–Crippen LogP) is 0.308. The zero-order valence-electron chi connectivity index (χ0n) is 9.84. The third kappa shape index (κ3) is 2.32. The monoisotopic (exact) mass is 224 g/mol. The van der Waals surface area contributed by atoms with Gasteiger partial charge in [-0.15, -0.1) is 0 Å². The van der Waals surface area contributed by atoms with E-state index in [1.54, 1.807) is 4.68 Å². The van der Waals surface area contributed by atoms with Crippen molar-refractivity contribution in [2.45, 2.75) is 38.1 Å². The van der Waals surface area contributed by atoms with Crippen LogP contribution >= 0.6 is 0 Å². The molecule has 90 valence electrons. The Morgan fingerprint density at radius 3 is 2.75 bits per heavy atom. The van der Waals surface area contributed by atoms with Gasteiger partial charge in [-0.3, -0.25) is 0 Å². The summed E-state index contributed by atoms with van der Waals surface area (Å²) in [7, 11) is 1.89. The van der Waals surface area contributed by atoms with E-state index in [1.807, 2.05) is 7.05 Å². The highest BCUT2D eigenvalue weighted by molar-refractivity contribution is 5.30. The highest BCUT2D eigenvalue weighted by atomic mass is 15.6. The normalized spacial score (nSPS) is 16.9. The van der Waals surface area contributed by atoms with Crippen LogP contribution in [-0.2, 0) is 7.05 Å². The van der Waals surface area contributed by atoms with E-state index in [9.17, 15) is 0 Å². The maximum Gasteiger partial charge on any atom is 0.245 e. The molecule has 0 unspecified atom stereocenters. The van der Waals surface area contributed by atoms with Gasteiger partial charge >= 0.3 is 0 Å². The second kappa shape index (κ2) is 5.25. The average Bonchev–Trinajstić information content (AvgIpc) is 2.91. The molecule has 0 radical (unpaired) electrons. The molecule has 0 bridgehead atoms. The Kier molecular flexibility index (Phi) is 3.71. The fourth-order valence-corrected chi connectivity index (χ4v) is 2.39. The number of anilines is 1. The van der Waals surface area contributed by atoms with Crippen LogP contribution in [0.4, 0.5) is 5.95 Å². The highest BCUT2D eigenvalue weighted by Gasteiger charge is 2.25. The Bertz CT molecular complexity index is 317. The Morgan fingerprint density at radius 1 is 1.44 bits per heavy atom. The molecule has 1 aromatic rings. The molecular weight excluding hydrogens is 204 g/mol. The van der Waals surface area contributed by atoms with Crippen LogP contribution in [0.2, 0.25) is 0 Å². The Labute approximate surface area is 95.8 Å². The van der Waals surface area contributed by atoms with Crippen molar-refractivity contribution in [2.75, 3.05) is 18.0 Å². The van der Waals surface area contributed by atoms with Crippen LogP contribution in [0.5, 0.6) is 0 Å². The van der Waals surface area contributed by atoms with E-state index in [1.165, 1.54) is 25.7 Å². The van der Waals surface area contributed by atoms with Crippen molar-refractivity contribution >= 4 is 5.95 Å². The molecule has 1 aromatic heterocycles.